The Bertz CT molecular complexity index is 1450. The van der Waals surface area contributed by atoms with Gasteiger partial charge in [0.15, 0.2) is 5.65 Å². The minimum Gasteiger partial charge on any atom is -0.492 e. The fraction of sp³-hybridized carbons (Fsp3) is 0.261. The number of nitrogens with zero attached hydrogens (tertiary/aromatic N) is 4. The summed E-state index contributed by atoms with van der Waals surface area (Å²) in [6, 6.07) is 3.94. The number of hydrogen-bond donors (Lipinski definition) is 0. The summed E-state index contributed by atoms with van der Waals surface area (Å²) in [7, 11) is 0. The number of alkyl halides is 3. The molecule has 3 aromatic heterocycles. The van der Waals surface area contributed by atoms with E-state index < -0.39 is 11.7 Å². The molecule has 0 N–H and O–H groups in total. The highest BCUT2D eigenvalue weighted by Gasteiger charge is 2.32. The predicted molar refractivity (Wildman–Crippen MR) is 126 cm³/mol. The van der Waals surface area contributed by atoms with Crippen LogP contribution < -0.4 is 4.74 Å². The van der Waals surface area contributed by atoms with Crippen LogP contribution in [0.25, 0.3) is 28.6 Å². The molecule has 0 bridgehead atoms. The molecule has 5 rings (SSSR count). The number of halogens is 6. The maximum Gasteiger partial charge on any atom is 0.417 e. The molecule has 12 heteroatoms. The van der Waals surface area contributed by atoms with Crippen LogP contribution in [-0.2, 0) is 6.18 Å². The van der Waals surface area contributed by atoms with Crippen molar-refractivity contribution in [3.8, 4) is 28.7 Å². The molecular weight excluding hydrogens is 528 g/mol. The lowest BCUT2D eigenvalue weighted by Crippen LogP contribution is -2.08. The van der Waals surface area contributed by atoms with Gasteiger partial charge in [0.1, 0.15) is 11.4 Å². The monoisotopic (exact) mass is 542 g/mol. The van der Waals surface area contributed by atoms with Crippen LogP contribution in [0.15, 0.2) is 47.3 Å². The van der Waals surface area contributed by atoms with Crippen LogP contribution in [0, 0.1) is 5.92 Å². The van der Waals surface area contributed by atoms with Crippen molar-refractivity contribution >= 4 is 40.4 Å². The summed E-state index contributed by atoms with van der Waals surface area (Å²) in [6.45, 7) is 4.51. The lowest BCUT2D eigenvalue weighted by molar-refractivity contribution is -0.137. The first kappa shape index (κ1) is 24.0. The van der Waals surface area contributed by atoms with Gasteiger partial charge in [-0.05, 0) is 37.3 Å². The van der Waals surface area contributed by atoms with Crippen molar-refractivity contribution in [2.24, 2.45) is 5.92 Å². The van der Waals surface area contributed by atoms with E-state index in [0.29, 0.717) is 28.9 Å². The number of pyridine rings is 1. The van der Waals surface area contributed by atoms with E-state index in [1.54, 1.807) is 12.1 Å². The highest BCUT2D eigenvalue weighted by atomic mass is 35.5. The zero-order valence-electron chi connectivity index (χ0n) is 17.9. The summed E-state index contributed by atoms with van der Waals surface area (Å²) in [4.78, 5) is 8.51. The number of aromatic nitrogens is 4. The third-order valence-electron chi connectivity index (χ3n) is 5.70. The Morgan fingerprint density at radius 1 is 1.09 bits per heavy atom. The van der Waals surface area contributed by atoms with Gasteiger partial charge in [0, 0.05) is 18.5 Å². The van der Waals surface area contributed by atoms with E-state index >= 15 is 0 Å². The van der Waals surface area contributed by atoms with Crippen LogP contribution >= 0.6 is 34.8 Å². The number of ether oxygens (including phenoxy) is 1. The van der Waals surface area contributed by atoms with Gasteiger partial charge in [0.05, 0.1) is 32.8 Å². The maximum absolute atomic E-state index is 13.1. The molecule has 1 atom stereocenters. The van der Waals surface area contributed by atoms with E-state index in [9.17, 15) is 13.2 Å². The zero-order chi connectivity index (χ0) is 24.9. The largest absolute Gasteiger partial charge is 0.492 e. The Morgan fingerprint density at radius 2 is 1.89 bits per heavy atom. The molecule has 3 heterocycles. The fourth-order valence-corrected chi connectivity index (χ4v) is 4.64. The van der Waals surface area contributed by atoms with Crippen LogP contribution in [-0.4, -0.2) is 26.1 Å². The third kappa shape index (κ3) is 4.85. The van der Waals surface area contributed by atoms with Gasteiger partial charge in [0.25, 0.3) is 5.89 Å². The average molecular weight is 544 g/mol. The van der Waals surface area contributed by atoms with E-state index in [-0.39, 0.29) is 33.1 Å². The van der Waals surface area contributed by atoms with Gasteiger partial charge >= 0.3 is 6.18 Å². The van der Waals surface area contributed by atoms with Crippen LogP contribution in [0.5, 0.6) is 5.75 Å². The minimum atomic E-state index is -4.56. The van der Waals surface area contributed by atoms with Crippen molar-refractivity contribution in [3.05, 3.63) is 63.4 Å². The molecule has 1 aliphatic rings. The highest BCUT2D eigenvalue weighted by molar-refractivity contribution is 6.36. The van der Waals surface area contributed by atoms with E-state index in [0.717, 1.165) is 35.9 Å². The molecule has 6 nitrogen and oxygen atoms in total. The summed E-state index contributed by atoms with van der Waals surface area (Å²) >= 11 is 18.8. The Labute approximate surface area is 212 Å². The van der Waals surface area contributed by atoms with Crippen molar-refractivity contribution in [1.82, 2.24) is 19.5 Å². The highest BCUT2D eigenvalue weighted by Crippen LogP contribution is 2.38. The second kappa shape index (κ2) is 9.04. The molecule has 1 aliphatic carbocycles. The van der Waals surface area contributed by atoms with Gasteiger partial charge in [-0.2, -0.15) is 18.2 Å². The molecule has 0 saturated heterocycles. The molecule has 0 unspecified atom stereocenters. The van der Waals surface area contributed by atoms with Crippen LogP contribution in [0.3, 0.4) is 0 Å². The summed E-state index contributed by atoms with van der Waals surface area (Å²) in [6.07, 6.45) is 0.616. The molecule has 0 amide bonds. The number of fused-ring (bicyclic) bond motifs is 1. The minimum absolute atomic E-state index is 0.0438. The number of benzene rings is 1. The number of rotatable bonds is 5. The number of allylic oxidation sites excluding steroid dienone is 1. The van der Waals surface area contributed by atoms with Crippen LogP contribution in [0.2, 0.25) is 15.1 Å². The fourth-order valence-electron chi connectivity index (χ4n) is 3.93. The van der Waals surface area contributed by atoms with Gasteiger partial charge in [-0.15, -0.1) is 0 Å². The van der Waals surface area contributed by atoms with E-state index in [1.165, 1.54) is 11.8 Å². The Balaban J connectivity index is 1.40. The number of imidazole rings is 1. The topological polar surface area (TPSA) is 65.5 Å². The van der Waals surface area contributed by atoms with Crippen molar-refractivity contribution in [3.63, 3.8) is 0 Å². The summed E-state index contributed by atoms with van der Waals surface area (Å²) in [5.41, 5.74) is 0.974. The molecule has 4 aromatic rings. The van der Waals surface area contributed by atoms with Crippen LogP contribution in [0.4, 0.5) is 13.2 Å². The quantitative estimate of drug-likeness (QED) is 0.241. The lowest BCUT2D eigenvalue weighted by Gasteiger charge is -2.13. The second-order valence-electron chi connectivity index (χ2n) is 8.29. The summed E-state index contributed by atoms with van der Waals surface area (Å²) < 4.78 is 51.6. The first-order valence-electron chi connectivity index (χ1n) is 10.5. The van der Waals surface area contributed by atoms with Crippen molar-refractivity contribution < 1.29 is 22.4 Å². The molecule has 182 valence electrons. The molecule has 1 aromatic carbocycles. The molecule has 0 spiro atoms. The molecule has 1 saturated carbocycles. The number of hydrogen-bond acceptors (Lipinski definition) is 5. The van der Waals surface area contributed by atoms with Crippen molar-refractivity contribution in [2.45, 2.75) is 25.4 Å². The third-order valence-corrected chi connectivity index (χ3v) is 6.58. The Morgan fingerprint density at radius 3 is 2.60 bits per heavy atom. The molecule has 0 aliphatic heterocycles. The van der Waals surface area contributed by atoms with Gasteiger partial charge in [-0.25, -0.2) is 4.98 Å². The first-order chi connectivity index (χ1) is 16.6. The van der Waals surface area contributed by atoms with E-state index in [1.807, 2.05) is 0 Å². The lowest BCUT2D eigenvalue weighted by atomic mass is 10.1. The smallest absolute Gasteiger partial charge is 0.417 e. The first-order valence-corrected chi connectivity index (χ1v) is 11.6. The predicted octanol–water partition coefficient (Wildman–Crippen LogP) is 7.77. The molecule has 1 fully saturated rings. The van der Waals surface area contributed by atoms with Crippen molar-refractivity contribution in [1.29, 1.82) is 0 Å². The normalized spacial score (nSPS) is 16.4. The van der Waals surface area contributed by atoms with Gasteiger partial charge in [-0.1, -0.05) is 52.1 Å². The van der Waals surface area contributed by atoms with E-state index in [2.05, 4.69) is 21.7 Å². The second-order valence-corrected chi connectivity index (χ2v) is 9.51. The molecule has 0 radical (unpaired) electrons. The van der Waals surface area contributed by atoms with E-state index in [4.69, 9.17) is 44.1 Å². The summed E-state index contributed by atoms with van der Waals surface area (Å²) in [5, 5.41) is 4.32. The average Bonchev–Trinajstić information content (AvgIpc) is 3.52. The standard InChI is InChI=1S/C23H16Cl3F3N4O2/c1-11-2-3-12(4-11)10-34-19-7-15(24)14(6-16(19)25)22-31-20(32-35-22)18-9-33-8-13(23(27,28)29)5-17(26)21(33)30-18/h5-9,12H,1-4,10H2/t12-/m1/s1. The SMILES string of the molecule is C=C1CC[C@@H](COc2cc(Cl)c(-c3nc(-c4cn5cc(C(F)(F)F)cc(Cl)c5n4)no3)cc2Cl)C1. The molecule has 35 heavy (non-hydrogen) atoms. The zero-order valence-corrected chi connectivity index (χ0v) is 20.1. The van der Waals surface area contributed by atoms with Gasteiger partial charge in [0.2, 0.25) is 5.82 Å². The van der Waals surface area contributed by atoms with Gasteiger partial charge in [-0.3, -0.25) is 0 Å². The Kier molecular flexibility index (Phi) is 6.19. The van der Waals surface area contributed by atoms with Crippen molar-refractivity contribution in [2.75, 3.05) is 6.61 Å². The van der Waals surface area contributed by atoms with Crippen LogP contribution in [0.1, 0.15) is 24.8 Å². The maximum atomic E-state index is 13.1. The van der Waals surface area contributed by atoms with Gasteiger partial charge < -0.3 is 13.7 Å². The summed E-state index contributed by atoms with van der Waals surface area (Å²) in [5.74, 6) is 0.932. The molecular formula is C23H16Cl3F3N4O2. The Hall–Kier alpha value is -2.75.